The van der Waals surface area contributed by atoms with Crippen LogP contribution in [0.2, 0.25) is 0 Å². The molecular weight excluding hydrogens is 365 g/mol. The second kappa shape index (κ2) is 7.82. The SMILES string of the molecule is FC(F)(F)c1ccc(CCNC(=S)NCc2ccc3c(c2)OCO3)cc1. The topological polar surface area (TPSA) is 42.5 Å². The van der Waals surface area contributed by atoms with Crippen LogP contribution < -0.4 is 20.1 Å². The van der Waals surface area contributed by atoms with Gasteiger partial charge in [-0.3, -0.25) is 0 Å². The molecular formula is C18H17F3N2O2S. The van der Waals surface area contributed by atoms with Gasteiger partial charge in [0.05, 0.1) is 5.56 Å². The van der Waals surface area contributed by atoms with Gasteiger partial charge in [0.1, 0.15) is 0 Å². The molecule has 0 aliphatic carbocycles. The Morgan fingerprint density at radius 1 is 0.962 bits per heavy atom. The Bertz CT molecular complexity index is 779. The van der Waals surface area contributed by atoms with E-state index in [9.17, 15) is 13.2 Å². The second-order valence-electron chi connectivity index (χ2n) is 5.74. The summed E-state index contributed by atoms with van der Waals surface area (Å²) in [6, 6.07) is 10.8. The molecule has 0 spiro atoms. The summed E-state index contributed by atoms with van der Waals surface area (Å²) in [5.74, 6) is 1.44. The Hall–Kier alpha value is -2.48. The molecule has 1 aliphatic heterocycles. The number of ether oxygens (including phenoxy) is 2. The number of thiocarbonyl (C=S) groups is 1. The first-order chi connectivity index (χ1) is 12.4. The van der Waals surface area contributed by atoms with Crippen LogP contribution in [0.1, 0.15) is 16.7 Å². The third-order valence-electron chi connectivity index (χ3n) is 3.87. The van der Waals surface area contributed by atoms with E-state index in [1.807, 2.05) is 18.2 Å². The molecule has 0 fully saturated rings. The number of hydrogen-bond acceptors (Lipinski definition) is 3. The maximum atomic E-state index is 12.5. The average Bonchev–Trinajstić information content (AvgIpc) is 3.07. The number of benzene rings is 2. The van der Waals surface area contributed by atoms with Crippen molar-refractivity contribution in [1.82, 2.24) is 10.6 Å². The molecule has 0 unspecified atom stereocenters. The van der Waals surface area contributed by atoms with E-state index in [1.54, 1.807) is 0 Å². The average molecular weight is 382 g/mol. The highest BCUT2D eigenvalue weighted by Gasteiger charge is 2.29. The third kappa shape index (κ3) is 4.78. The zero-order chi connectivity index (χ0) is 18.6. The number of alkyl halides is 3. The van der Waals surface area contributed by atoms with Crippen LogP contribution >= 0.6 is 12.2 Å². The molecule has 1 aliphatic rings. The molecule has 0 radical (unpaired) electrons. The van der Waals surface area contributed by atoms with Gasteiger partial charge in [0.2, 0.25) is 6.79 Å². The quantitative estimate of drug-likeness (QED) is 0.773. The van der Waals surface area contributed by atoms with E-state index in [0.29, 0.717) is 30.4 Å². The molecule has 0 bridgehead atoms. The third-order valence-corrected chi connectivity index (χ3v) is 4.16. The van der Waals surface area contributed by atoms with Crippen LogP contribution in [-0.2, 0) is 19.1 Å². The molecule has 0 amide bonds. The minimum Gasteiger partial charge on any atom is -0.454 e. The number of nitrogens with one attached hydrogen (secondary N) is 2. The molecule has 3 rings (SSSR count). The Balaban J connectivity index is 1.40. The van der Waals surface area contributed by atoms with Crippen molar-refractivity contribution in [3.63, 3.8) is 0 Å². The van der Waals surface area contributed by atoms with Crippen molar-refractivity contribution < 1.29 is 22.6 Å². The lowest BCUT2D eigenvalue weighted by Crippen LogP contribution is -2.35. The van der Waals surface area contributed by atoms with Crippen molar-refractivity contribution >= 4 is 17.3 Å². The van der Waals surface area contributed by atoms with Gasteiger partial charge in [-0.25, -0.2) is 0 Å². The zero-order valence-corrected chi connectivity index (χ0v) is 14.5. The van der Waals surface area contributed by atoms with Crippen molar-refractivity contribution in [2.24, 2.45) is 0 Å². The van der Waals surface area contributed by atoms with Gasteiger partial charge in [-0.1, -0.05) is 18.2 Å². The summed E-state index contributed by atoms with van der Waals surface area (Å²) in [6.45, 7) is 1.29. The van der Waals surface area contributed by atoms with E-state index < -0.39 is 11.7 Å². The molecule has 1 heterocycles. The lowest BCUT2D eigenvalue weighted by Gasteiger charge is -2.11. The highest BCUT2D eigenvalue weighted by Crippen LogP contribution is 2.32. The lowest BCUT2D eigenvalue weighted by atomic mass is 10.1. The highest BCUT2D eigenvalue weighted by molar-refractivity contribution is 7.80. The second-order valence-corrected chi connectivity index (χ2v) is 6.15. The normalized spacial score (nSPS) is 12.7. The van der Waals surface area contributed by atoms with Crippen LogP contribution in [0.25, 0.3) is 0 Å². The largest absolute Gasteiger partial charge is 0.454 e. The number of halogens is 3. The summed E-state index contributed by atoms with van der Waals surface area (Å²) in [4.78, 5) is 0. The smallest absolute Gasteiger partial charge is 0.416 e. The fourth-order valence-electron chi connectivity index (χ4n) is 2.48. The molecule has 0 atom stereocenters. The molecule has 138 valence electrons. The van der Waals surface area contributed by atoms with Crippen molar-refractivity contribution in [1.29, 1.82) is 0 Å². The van der Waals surface area contributed by atoms with Gasteiger partial charge in [0.15, 0.2) is 16.6 Å². The molecule has 0 saturated carbocycles. The summed E-state index contributed by atoms with van der Waals surface area (Å²) < 4.78 is 48.1. The summed E-state index contributed by atoms with van der Waals surface area (Å²) in [6.07, 6.45) is -3.74. The summed E-state index contributed by atoms with van der Waals surface area (Å²) in [5, 5.41) is 6.60. The molecule has 2 aromatic rings. The van der Waals surface area contributed by atoms with Crippen molar-refractivity contribution in [2.45, 2.75) is 19.1 Å². The van der Waals surface area contributed by atoms with Crippen molar-refractivity contribution in [2.75, 3.05) is 13.3 Å². The van der Waals surface area contributed by atoms with Crippen LogP contribution in [0.3, 0.4) is 0 Å². The van der Waals surface area contributed by atoms with E-state index in [2.05, 4.69) is 10.6 Å². The van der Waals surface area contributed by atoms with Gasteiger partial charge in [-0.15, -0.1) is 0 Å². The minimum absolute atomic E-state index is 0.232. The minimum atomic E-state index is -4.31. The number of rotatable bonds is 5. The Labute approximate surface area is 154 Å². The Kier molecular flexibility index (Phi) is 5.51. The molecule has 2 N–H and O–H groups in total. The molecule has 26 heavy (non-hydrogen) atoms. The summed E-state index contributed by atoms with van der Waals surface area (Å²) in [7, 11) is 0. The maximum Gasteiger partial charge on any atom is 0.416 e. The van der Waals surface area contributed by atoms with Crippen molar-refractivity contribution in [3.8, 4) is 11.5 Å². The summed E-state index contributed by atoms with van der Waals surface area (Å²) in [5.41, 5.74) is 1.17. The molecule has 2 aromatic carbocycles. The Morgan fingerprint density at radius 3 is 2.38 bits per heavy atom. The molecule has 0 aromatic heterocycles. The van der Waals surface area contributed by atoms with Gasteiger partial charge in [0.25, 0.3) is 0 Å². The van der Waals surface area contributed by atoms with Crippen LogP contribution in [0.15, 0.2) is 42.5 Å². The van der Waals surface area contributed by atoms with E-state index in [1.165, 1.54) is 12.1 Å². The van der Waals surface area contributed by atoms with Gasteiger partial charge < -0.3 is 20.1 Å². The van der Waals surface area contributed by atoms with Crippen LogP contribution in [0, 0.1) is 0 Å². The van der Waals surface area contributed by atoms with E-state index in [-0.39, 0.29) is 6.79 Å². The first-order valence-corrected chi connectivity index (χ1v) is 8.39. The standard InChI is InChI=1S/C18H17F3N2O2S/c19-18(20,21)14-4-1-12(2-5-14)7-8-22-17(26)23-10-13-3-6-15-16(9-13)25-11-24-15/h1-6,9H,7-8,10-11H2,(H2,22,23,26). The predicted octanol–water partition coefficient (Wildman–Crippen LogP) is 3.64. The number of hydrogen-bond donors (Lipinski definition) is 2. The fourth-order valence-corrected chi connectivity index (χ4v) is 2.65. The monoisotopic (exact) mass is 382 g/mol. The van der Waals surface area contributed by atoms with E-state index >= 15 is 0 Å². The van der Waals surface area contributed by atoms with Gasteiger partial charge in [0, 0.05) is 13.1 Å². The number of fused-ring (bicyclic) bond motifs is 1. The molecule has 4 nitrogen and oxygen atoms in total. The van der Waals surface area contributed by atoms with Crippen LogP contribution in [0.5, 0.6) is 11.5 Å². The van der Waals surface area contributed by atoms with Crippen LogP contribution in [0.4, 0.5) is 13.2 Å². The van der Waals surface area contributed by atoms with Crippen molar-refractivity contribution in [3.05, 3.63) is 59.2 Å². The first-order valence-electron chi connectivity index (χ1n) is 7.98. The van der Waals surface area contributed by atoms with Gasteiger partial charge in [-0.05, 0) is 54.0 Å². The first kappa shape index (κ1) is 18.3. The van der Waals surface area contributed by atoms with Gasteiger partial charge >= 0.3 is 6.18 Å². The fraction of sp³-hybridized carbons (Fsp3) is 0.278. The molecule has 0 saturated heterocycles. The summed E-state index contributed by atoms with van der Waals surface area (Å²) >= 11 is 5.21. The zero-order valence-electron chi connectivity index (χ0n) is 13.7. The highest BCUT2D eigenvalue weighted by atomic mass is 32.1. The predicted molar refractivity (Wildman–Crippen MR) is 95.2 cm³/mol. The van der Waals surface area contributed by atoms with Gasteiger partial charge in [-0.2, -0.15) is 13.2 Å². The maximum absolute atomic E-state index is 12.5. The lowest BCUT2D eigenvalue weighted by molar-refractivity contribution is -0.137. The Morgan fingerprint density at radius 2 is 1.65 bits per heavy atom. The van der Waals surface area contributed by atoms with E-state index in [0.717, 1.165) is 29.0 Å². The molecule has 8 heteroatoms. The van der Waals surface area contributed by atoms with Crippen LogP contribution in [-0.4, -0.2) is 18.5 Å². The van der Waals surface area contributed by atoms with E-state index in [4.69, 9.17) is 21.7 Å².